The molecule has 210 valence electrons. The van der Waals surface area contributed by atoms with Gasteiger partial charge in [-0.1, -0.05) is 145 Å². The summed E-state index contributed by atoms with van der Waals surface area (Å²) in [4.78, 5) is 0. The molecule has 0 saturated heterocycles. The zero-order valence-corrected chi connectivity index (χ0v) is 23.8. The van der Waals surface area contributed by atoms with Gasteiger partial charge in [-0.3, -0.25) is 0 Å². The molecule has 0 saturated carbocycles. The zero-order chi connectivity index (χ0) is 38.4. The molecule has 0 unspecified atom stereocenters. The minimum Gasteiger partial charge on any atom is -0.456 e. The molecule has 0 aliphatic carbocycles. The first-order valence-electron chi connectivity index (χ1n) is 19.6. The van der Waals surface area contributed by atoms with Crippen molar-refractivity contribution in [1.29, 1.82) is 0 Å². The van der Waals surface area contributed by atoms with Gasteiger partial charge in [0.1, 0.15) is 11.2 Å². The van der Waals surface area contributed by atoms with Crippen LogP contribution in [0.4, 0.5) is 0 Å². The van der Waals surface area contributed by atoms with E-state index in [-0.39, 0.29) is 105 Å². The summed E-state index contributed by atoms with van der Waals surface area (Å²) >= 11 is 0. The molecule has 45 heavy (non-hydrogen) atoms. The number of benzene rings is 8. The quantitative estimate of drug-likeness (QED) is 0.188. The van der Waals surface area contributed by atoms with Gasteiger partial charge < -0.3 is 4.42 Å². The lowest BCUT2D eigenvalue weighted by Crippen LogP contribution is -1.91. The fourth-order valence-corrected chi connectivity index (χ4v) is 6.12. The van der Waals surface area contributed by atoms with Crippen molar-refractivity contribution >= 4 is 43.5 Å². The maximum Gasteiger partial charge on any atom is 0.135 e. The van der Waals surface area contributed by atoms with Crippen molar-refractivity contribution in [3.63, 3.8) is 0 Å². The fourth-order valence-electron chi connectivity index (χ4n) is 6.12. The van der Waals surface area contributed by atoms with Crippen LogP contribution in [0.1, 0.15) is 13.7 Å². The standard InChI is InChI=1S/C44H28O/c1-3-11-29(12-4-1)31-19-21-32(22-20-31)43-35-15-7-9-17-37(35)44(38-18-10-8-16-36(38)43)34-24-26-42-40(28-34)39-27-33(23-25-41(39)45-42)30-13-5-2-6-14-30/h1-28H/i19D,20D,21D,22D,23D,24D,25D,26D,27D,28D. The zero-order valence-electron chi connectivity index (χ0n) is 33.8. The van der Waals surface area contributed by atoms with Crippen LogP contribution in [0.25, 0.3) is 88.0 Å². The molecule has 1 heterocycles. The smallest absolute Gasteiger partial charge is 0.135 e. The second-order valence-electron chi connectivity index (χ2n) is 10.8. The average molecular weight is 583 g/mol. The molecule has 0 amide bonds. The second kappa shape index (κ2) is 10.4. The highest BCUT2D eigenvalue weighted by Gasteiger charge is 2.18. The van der Waals surface area contributed by atoms with Gasteiger partial charge in [0.15, 0.2) is 0 Å². The number of hydrogen-bond acceptors (Lipinski definition) is 1. The van der Waals surface area contributed by atoms with Gasteiger partial charge in [0.05, 0.1) is 13.7 Å². The van der Waals surface area contributed by atoms with E-state index in [4.69, 9.17) is 9.90 Å². The molecule has 1 nitrogen and oxygen atoms in total. The summed E-state index contributed by atoms with van der Waals surface area (Å²) in [5.41, 5.74) is 2.42. The molecule has 1 aromatic heterocycles. The third kappa shape index (κ3) is 4.24. The van der Waals surface area contributed by atoms with Gasteiger partial charge in [-0.05, 0) is 90.2 Å². The summed E-state index contributed by atoms with van der Waals surface area (Å²) in [6.07, 6.45) is 0. The summed E-state index contributed by atoms with van der Waals surface area (Å²) in [7, 11) is 0. The summed E-state index contributed by atoms with van der Waals surface area (Å²) in [5, 5.41) is 2.44. The molecule has 1 heteroatoms. The van der Waals surface area contributed by atoms with Crippen LogP contribution in [0.5, 0.6) is 0 Å². The van der Waals surface area contributed by atoms with Gasteiger partial charge in [-0.15, -0.1) is 0 Å². The Morgan fingerprint density at radius 3 is 1.22 bits per heavy atom. The van der Waals surface area contributed by atoms with Gasteiger partial charge in [-0.25, -0.2) is 0 Å². The molecule has 0 bridgehead atoms. The molecule has 0 aliphatic heterocycles. The van der Waals surface area contributed by atoms with E-state index in [1.54, 1.807) is 72.8 Å². The Labute approximate surface area is 275 Å². The number of fused-ring (bicyclic) bond motifs is 5. The summed E-state index contributed by atoms with van der Waals surface area (Å²) < 4.78 is 98.0. The number of rotatable bonds is 4. The third-order valence-corrected chi connectivity index (χ3v) is 8.19. The molecule has 8 aromatic carbocycles. The summed E-state index contributed by atoms with van der Waals surface area (Å²) in [6, 6.07) is 30.0. The maximum atomic E-state index is 9.74. The first-order valence-corrected chi connectivity index (χ1v) is 14.6. The Bertz CT molecular complexity index is 3000. The third-order valence-electron chi connectivity index (χ3n) is 8.19. The second-order valence-corrected chi connectivity index (χ2v) is 10.8. The van der Waals surface area contributed by atoms with E-state index in [1.165, 1.54) is 0 Å². The largest absolute Gasteiger partial charge is 0.456 e. The Kier molecular flexibility index (Phi) is 4.01. The molecule has 0 radical (unpaired) electrons. The van der Waals surface area contributed by atoms with Crippen molar-refractivity contribution in [3.8, 4) is 44.5 Å². The summed E-state index contributed by atoms with van der Waals surface area (Å²) in [6.45, 7) is 0. The van der Waals surface area contributed by atoms with E-state index in [9.17, 15) is 8.22 Å². The van der Waals surface area contributed by atoms with E-state index in [0.717, 1.165) is 0 Å². The Balaban J connectivity index is 1.41. The van der Waals surface area contributed by atoms with Gasteiger partial charge >= 0.3 is 0 Å². The van der Waals surface area contributed by atoms with Crippen molar-refractivity contribution in [1.82, 2.24) is 0 Å². The van der Waals surface area contributed by atoms with Gasteiger partial charge in [0.2, 0.25) is 0 Å². The maximum absolute atomic E-state index is 9.74. The van der Waals surface area contributed by atoms with Crippen LogP contribution in [0.15, 0.2) is 174 Å². The van der Waals surface area contributed by atoms with E-state index in [0.29, 0.717) is 43.8 Å². The minimum absolute atomic E-state index is 0.0926. The molecule has 0 fully saturated rings. The Morgan fingerprint density at radius 1 is 0.311 bits per heavy atom. The highest BCUT2D eigenvalue weighted by atomic mass is 16.3. The predicted molar refractivity (Wildman–Crippen MR) is 190 cm³/mol. The average Bonchev–Trinajstić information content (AvgIpc) is 3.62. The first-order chi connectivity index (χ1) is 26.5. The van der Waals surface area contributed by atoms with Crippen LogP contribution < -0.4 is 0 Å². The molecule has 0 aliphatic rings. The number of hydrogen-bond donors (Lipinski definition) is 0. The molecular weight excluding hydrogens is 544 g/mol. The minimum atomic E-state index is -0.336. The lowest BCUT2D eigenvalue weighted by Gasteiger charge is -2.18. The monoisotopic (exact) mass is 582 g/mol. The van der Waals surface area contributed by atoms with Crippen molar-refractivity contribution in [3.05, 3.63) is 170 Å². The van der Waals surface area contributed by atoms with Crippen LogP contribution in [0, 0.1) is 0 Å². The number of furan rings is 1. The highest BCUT2D eigenvalue weighted by molar-refractivity contribution is 6.22. The Morgan fingerprint density at radius 2 is 0.689 bits per heavy atom. The van der Waals surface area contributed by atoms with Crippen LogP contribution in [0.3, 0.4) is 0 Å². The van der Waals surface area contributed by atoms with Crippen LogP contribution in [-0.4, -0.2) is 0 Å². The predicted octanol–water partition coefficient (Wildman–Crippen LogP) is 12.6. The lowest BCUT2D eigenvalue weighted by atomic mass is 9.85. The topological polar surface area (TPSA) is 13.1 Å². The molecule has 9 rings (SSSR count). The molecular formula is C44H28O. The van der Waals surface area contributed by atoms with Crippen molar-refractivity contribution in [2.45, 2.75) is 0 Å². The van der Waals surface area contributed by atoms with E-state index >= 15 is 0 Å². The van der Waals surface area contributed by atoms with E-state index < -0.39 is 0 Å². The van der Waals surface area contributed by atoms with Crippen molar-refractivity contribution in [2.75, 3.05) is 0 Å². The van der Waals surface area contributed by atoms with Gasteiger partial charge in [0.25, 0.3) is 0 Å². The van der Waals surface area contributed by atoms with Crippen molar-refractivity contribution in [2.24, 2.45) is 0 Å². The molecule has 0 spiro atoms. The van der Waals surface area contributed by atoms with Crippen molar-refractivity contribution < 1.29 is 18.1 Å². The normalized spacial score (nSPS) is 14.7. The van der Waals surface area contributed by atoms with Crippen LogP contribution in [0.2, 0.25) is 0 Å². The lowest BCUT2D eigenvalue weighted by molar-refractivity contribution is 0.669. The Hall–Kier alpha value is -5.92. The first kappa shape index (κ1) is 17.4. The molecule has 0 atom stereocenters. The van der Waals surface area contributed by atoms with Gasteiger partial charge in [-0.2, -0.15) is 0 Å². The molecule has 0 N–H and O–H groups in total. The molecule has 9 aromatic rings. The summed E-state index contributed by atoms with van der Waals surface area (Å²) in [5.74, 6) is 0. The SMILES string of the molecule is [2H]c1c([2H])c(-c2c3ccccc3c(-c3c([2H])c([2H])c4oc5c([2H])c([2H])c(-c6ccccc6)c([2H])c5c4c3[2H])c3ccccc23)c([2H])c([2H])c1-c1ccccc1. The van der Waals surface area contributed by atoms with Crippen LogP contribution >= 0.6 is 0 Å². The highest BCUT2D eigenvalue weighted by Crippen LogP contribution is 2.45. The van der Waals surface area contributed by atoms with E-state index in [2.05, 4.69) is 0 Å². The fraction of sp³-hybridized carbons (Fsp3) is 0. The van der Waals surface area contributed by atoms with Gasteiger partial charge in [0, 0.05) is 10.8 Å². The van der Waals surface area contributed by atoms with E-state index in [1.807, 2.05) is 36.4 Å². The van der Waals surface area contributed by atoms with Crippen LogP contribution in [-0.2, 0) is 0 Å².